The highest BCUT2D eigenvalue weighted by Crippen LogP contribution is 2.63. The molecule has 3 aromatic carbocycles. The van der Waals surface area contributed by atoms with Gasteiger partial charge in [-0.3, -0.25) is 0 Å². The molecule has 6 heteroatoms. The Hall–Kier alpha value is -2.26. The molecule has 4 nitrogen and oxygen atoms in total. The van der Waals surface area contributed by atoms with Crippen molar-refractivity contribution in [2.45, 2.75) is 5.34 Å². The number of hydrogen-bond donors (Lipinski definition) is 1. The fraction of sp³-hybridized carbons (Fsp3) is 0.100. The molecule has 0 fully saturated rings. The van der Waals surface area contributed by atoms with E-state index in [1.54, 1.807) is 91.0 Å². The fourth-order valence-corrected chi connectivity index (χ4v) is 4.77. The number of alkyl halides is 1. The average Bonchev–Trinajstić information content (AvgIpc) is 2.69. The fourth-order valence-electron chi connectivity index (χ4n) is 2.42. The minimum atomic E-state index is -4.18. The smallest absolute Gasteiger partial charge is 0.414 e. The first-order valence-corrected chi connectivity index (χ1v) is 10.1. The predicted octanol–water partition coefficient (Wildman–Crippen LogP) is 5.42. The number of para-hydroxylation sites is 2. The minimum Gasteiger partial charge on any atom is -0.414 e. The van der Waals surface area contributed by atoms with Crippen molar-refractivity contribution in [1.82, 2.24) is 0 Å². The third-order valence-electron chi connectivity index (χ3n) is 3.81. The minimum absolute atomic E-state index is 0.311. The zero-order chi connectivity index (χ0) is 18.5. The van der Waals surface area contributed by atoms with Gasteiger partial charge in [0, 0.05) is 0 Å². The van der Waals surface area contributed by atoms with E-state index in [-0.39, 0.29) is 5.88 Å². The zero-order valence-corrected chi connectivity index (χ0v) is 15.5. The molecule has 0 aliphatic rings. The Morgan fingerprint density at radius 2 is 1.15 bits per heavy atom. The summed E-state index contributed by atoms with van der Waals surface area (Å²) < 4.78 is 25.3. The third kappa shape index (κ3) is 3.78. The van der Waals surface area contributed by atoms with Crippen molar-refractivity contribution in [1.29, 1.82) is 0 Å². The van der Waals surface area contributed by atoms with E-state index in [2.05, 4.69) is 0 Å². The number of halogens is 1. The van der Waals surface area contributed by atoms with Crippen LogP contribution in [-0.4, -0.2) is 11.0 Å². The van der Waals surface area contributed by atoms with E-state index < -0.39 is 12.9 Å². The Morgan fingerprint density at radius 1 is 0.769 bits per heavy atom. The van der Waals surface area contributed by atoms with Crippen LogP contribution >= 0.6 is 19.2 Å². The van der Waals surface area contributed by atoms with Gasteiger partial charge in [-0.2, -0.15) is 0 Å². The number of hydrogen-bond acceptors (Lipinski definition) is 4. The first-order valence-electron chi connectivity index (χ1n) is 8.01. The van der Waals surface area contributed by atoms with Crippen LogP contribution in [-0.2, 0) is 9.91 Å². The maximum absolute atomic E-state index is 13.8. The van der Waals surface area contributed by atoms with Gasteiger partial charge in [0.1, 0.15) is 11.5 Å². The molecule has 0 aliphatic carbocycles. The molecule has 0 radical (unpaired) electrons. The van der Waals surface area contributed by atoms with Gasteiger partial charge in [-0.05, 0) is 29.8 Å². The molecule has 0 amide bonds. The molecule has 1 N–H and O–H groups in total. The number of aliphatic hydroxyl groups is 1. The zero-order valence-electron chi connectivity index (χ0n) is 13.9. The summed E-state index contributed by atoms with van der Waals surface area (Å²) in [6.07, 6.45) is 0. The molecule has 0 heterocycles. The lowest BCUT2D eigenvalue weighted by Crippen LogP contribution is -2.32. The van der Waals surface area contributed by atoms with Gasteiger partial charge in [-0.25, -0.2) is 4.57 Å². The molecule has 134 valence electrons. The molecule has 0 bridgehead atoms. The molecule has 0 saturated heterocycles. The van der Waals surface area contributed by atoms with Crippen LogP contribution in [0.4, 0.5) is 0 Å². The van der Waals surface area contributed by atoms with Crippen molar-refractivity contribution in [3.05, 3.63) is 96.6 Å². The van der Waals surface area contributed by atoms with E-state index >= 15 is 0 Å². The molecule has 0 aliphatic heterocycles. The lowest BCUT2D eigenvalue weighted by molar-refractivity contribution is 0.116. The van der Waals surface area contributed by atoms with Crippen LogP contribution in [0.25, 0.3) is 0 Å². The van der Waals surface area contributed by atoms with E-state index in [1.165, 1.54) is 0 Å². The molecule has 3 aromatic rings. The van der Waals surface area contributed by atoms with Crippen molar-refractivity contribution in [2.75, 3.05) is 5.88 Å². The van der Waals surface area contributed by atoms with Gasteiger partial charge in [0.25, 0.3) is 0 Å². The van der Waals surface area contributed by atoms with Gasteiger partial charge >= 0.3 is 7.60 Å². The summed E-state index contributed by atoms with van der Waals surface area (Å²) >= 11 is 6.08. The van der Waals surface area contributed by atoms with Gasteiger partial charge < -0.3 is 14.2 Å². The van der Waals surface area contributed by atoms with Gasteiger partial charge in [-0.1, -0.05) is 66.7 Å². The van der Waals surface area contributed by atoms with Crippen LogP contribution in [0.15, 0.2) is 91.0 Å². The highest BCUT2D eigenvalue weighted by Gasteiger charge is 2.54. The van der Waals surface area contributed by atoms with Gasteiger partial charge in [-0.15, -0.1) is 11.6 Å². The van der Waals surface area contributed by atoms with E-state index in [0.717, 1.165) is 0 Å². The Balaban J connectivity index is 2.08. The molecule has 0 spiro atoms. The van der Waals surface area contributed by atoms with Crippen molar-refractivity contribution < 1.29 is 18.7 Å². The third-order valence-corrected chi connectivity index (χ3v) is 6.61. The van der Waals surface area contributed by atoms with Gasteiger partial charge in [0.2, 0.25) is 5.34 Å². The summed E-state index contributed by atoms with van der Waals surface area (Å²) in [6, 6.07) is 25.6. The van der Waals surface area contributed by atoms with Crippen molar-refractivity contribution in [3.8, 4) is 11.5 Å². The van der Waals surface area contributed by atoms with Crippen molar-refractivity contribution in [2.24, 2.45) is 0 Å². The Morgan fingerprint density at radius 3 is 1.54 bits per heavy atom. The predicted molar refractivity (Wildman–Crippen MR) is 103 cm³/mol. The van der Waals surface area contributed by atoms with Crippen LogP contribution in [0.5, 0.6) is 11.5 Å². The molecule has 0 aromatic heterocycles. The van der Waals surface area contributed by atoms with Gasteiger partial charge in [0.15, 0.2) is 0 Å². The molecule has 3 rings (SSSR count). The SMILES string of the molecule is O=P(Oc1ccccc1)(Oc1ccccc1)[C@](O)(CCl)c1ccccc1. The molecule has 26 heavy (non-hydrogen) atoms. The second kappa shape index (κ2) is 7.96. The normalized spacial score (nSPS) is 13.6. The van der Waals surface area contributed by atoms with Crippen LogP contribution in [0.1, 0.15) is 5.56 Å². The van der Waals surface area contributed by atoms with Crippen LogP contribution in [0.2, 0.25) is 0 Å². The Labute approximate surface area is 157 Å². The second-order valence-corrected chi connectivity index (χ2v) is 7.99. The Kier molecular flexibility index (Phi) is 5.67. The van der Waals surface area contributed by atoms with E-state index in [9.17, 15) is 9.67 Å². The highest BCUT2D eigenvalue weighted by atomic mass is 35.5. The quantitative estimate of drug-likeness (QED) is 0.433. The van der Waals surface area contributed by atoms with Gasteiger partial charge in [0.05, 0.1) is 5.88 Å². The monoisotopic (exact) mass is 388 g/mol. The van der Waals surface area contributed by atoms with Crippen molar-refractivity contribution >= 4 is 19.2 Å². The summed E-state index contributed by atoms with van der Waals surface area (Å²) in [5.74, 6) is 0.256. The first kappa shape index (κ1) is 18.5. The summed E-state index contributed by atoms with van der Waals surface area (Å²) in [5, 5.41) is 9.26. The molecule has 0 unspecified atom stereocenters. The lowest BCUT2D eigenvalue weighted by atomic mass is 10.1. The molecule has 0 saturated carbocycles. The maximum Gasteiger partial charge on any atom is 0.468 e. The number of rotatable bonds is 7. The van der Waals surface area contributed by atoms with E-state index in [0.29, 0.717) is 17.1 Å². The van der Waals surface area contributed by atoms with Crippen LogP contribution in [0.3, 0.4) is 0 Å². The second-order valence-electron chi connectivity index (χ2n) is 5.62. The summed E-state index contributed by atoms with van der Waals surface area (Å²) in [5.41, 5.74) is 0.352. The summed E-state index contributed by atoms with van der Waals surface area (Å²) in [7, 11) is -4.18. The van der Waals surface area contributed by atoms with Crippen molar-refractivity contribution in [3.63, 3.8) is 0 Å². The topological polar surface area (TPSA) is 55.8 Å². The highest BCUT2D eigenvalue weighted by molar-refractivity contribution is 7.55. The number of benzene rings is 3. The maximum atomic E-state index is 13.8. The largest absolute Gasteiger partial charge is 0.468 e. The summed E-state index contributed by atoms with van der Waals surface area (Å²) in [6.45, 7) is 0. The lowest BCUT2D eigenvalue weighted by Gasteiger charge is -2.33. The molecular formula is C20H18ClO4P. The molecule has 1 atom stereocenters. The Bertz CT molecular complexity index is 829. The van der Waals surface area contributed by atoms with Crippen LogP contribution < -0.4 is 9.05 Å². The first-order chi connectivity index (χ1) is 12.6. The standard InChI is InChI=1S/C20H18ClO4P/c21-16-20(22,17-10-4-1-5-11-17)26(23,24-18-12-6-2-7-13-18)25-19-14-8-3-9-15-19/h1-15,22H,16H2/t20-/m1/s1. The average molecular weight is 389 g/mol. The van der Waals surface area contributed by atoms with E-state index in [4.69, 9.17) is 20.6 Å². The van der Waals surface area contributed by atoms with Crippen LogP contribution in [0, 0.1) is 0 Å². The summed E-state index contributed by atoms with van der Waals surface area (Å²) in [4.78, 5) is 0. The van der Waals surface area contributed by atoms with E-state index in [1.807, 2.05) is 0 Å². The molecular weight excluding hydrogens is 371 g/mol.